The van der Waals surface area contributed by atoms with Crippen molar-refractivity contribution >= 4 is 20.8 Å². The topological polar surface area (TPSA) is 46.2 Å². The molecule has 0 aliphatic heterocycles. The van der Waals surface area contributed by atoms with E-state index in [4.69, 9.17) is 0 Å². The second-order valence-corrected chi connectivity index (χ2v) is 7.48. The van der Waals surface area contributed by atoms with Crippen molar-refractivity contribution in [1.82, 2.24) is 4.72 Å². The van der Waals surface area contributed by atoms with Crippen LogP contribution in [-0.2, 0) is 10.0 Å². The zero-order chi connectivity index (χ0) is 16.4. The first kappa shape index (κ1) is 15.7. The molecule has 4 heteroatoms. The zero-order valence-corrected chi connectivity index (χ0v) is 14.0. The molecule has 118 valence electrons. The molecule has 3 rings (SSSR count). The van der Waals surface area contributed by atoms with Crippen molar-refractivity contribution in [3.8, 4) is 0 Å². The van der Waals surface area contributed by atoms with Gasteiger partial charge in [-0.25, -0.2) is 13.1 Å². The summed E-state index contributed by atoms with van der Waals surface area (Å²) in [5.74, 6) is 0. The van der Waals surface area contributed by atoms with Crippen LogP contribution in [0.15, 0.2) is 71.6 Å². The summed E-state index contributed by atoms with van der Waals surface area (Å²) in [7, 11) is -3.56. The lowest BCUT2D eigenvalue weighted by Gasteiger charge is -2.15. The zero-order valence-electron chi connectivity index (χ0n) is 13.2. The van der Waals surface area contributed by atoms with Crippen LogP contribution in [-0.4, -0.2) is 8.42 Å². The Morgan fingerprint density at radius 1 is 0.870 bits per heavy atom. The van der Waals surface area contributed by atoms with Gasteiger partial charge in [-0.3, -0.25) is 0 Å². The predicted molar refractivity (Wildman–Crippen MR) is 93.9 cm³/mol. The summed E-state index contributed by atoms with van der Waals surface area (Å²) in [6.45, 7) is 3.86. The van der Waals surface area contributed by atoms with Crippen molar-refractivity contribution in [2.24, 2.45) is 0 Å². The number of fused-ring (bicyclic) bond motifs is 1. The molecule has 0 saturated heterocycles. The van der Waals surface area contributed by atoms with Crippen LogP contribution in [0.3, 0.4) is 0 Å². The molecule has 0 aliphatic rings. The van der Waals surface area contributed by atoms with Gasteiger partial charge in [-0.15, -0.1) is 0 Å². The average Bonchev–Trinajstić information content (AvgIpc) is 2.54. The van der Waals surface area contributed by atoms with E-state index in [2.05, 4.69) is 4.72 Å². The van der Waals surface area contributed by atoms with E-state index in [9.17, 15) is 8.42 Å². The van der Waals surface area contributed by atoms with Crippen molar-refractivity contribution < 1.29 is 8.42 Å². The van der Waals surface area contributed by atoms with Gasteiger partial charge in [0.25, 0.3) is 0 Å². The minimum Gasteiger partial charge on any atom is -0.207 e. The molecule has 3 aromatic rings. The third kappa shape index (κ3) is 3.44. The third-order valence-corrected chi connectivity index (χ3v) is 5.48. The molecular formula is C19H19NO2S. The van der Waals surface area contributed by atoms with Crippen LogP contribution < -0.4 is 4.72 Å². The standard InChI is InChI=1S/C19H19NO2S/c1-14-7-9-16(10-8-14)15(2)20-23(21,22)19-12-11-17-5-3-4-6-18(17)13-19/h3-13,15,20H,1-2H3/t15-/m0/s1. The SMILES string of the molecule is Cc1ccc([C@H](C)NS(=O)(=O)c2ccc3ccccc3c2)cc1. The van der Waals surface area contributed by atoms with Gasteiger partial charge >= 0.3 is 0 Å². The van der Waals surface area contributed by atoms with Crippen LogP contribution in [0.5, 0.6) is 0 Å². The van der Waals surface area contributed by atoms with Gasteiger partial charge in [-0.05, 0) is 42.3 Å². The molecule has 1 atom stereocenters. The lowest BCUT2D eigenvalue weighted by Crippen LogP contribution is -2.26. The van der Waals surface area contributed by atoms with Crippen LogP contribution in [0, 0.1) is 6.92 Å². The fourth-order valence-electron chi connectivity index (χ4n) is 2.56. The molecule has 3 nitrogen and oxygen atoms in total. The Morgan fingerprint density at radius 3 is 2.22 bits per heavy atom. The molecule has 0 spiro atoms. The summed E-state index contributed by atoms with van der Waals surface area (Å²) in [5, 5.41) is 1.94. The number of rotatable bonds is 4. The molecule has 0 amide bonds. The molecule has 23 heavy (non-hydrogen) atoms. The minimum absolute atomic E-state index is 0.285. The van der Waals surface area contributed by atoms with Crippen LogP contribution >= 0.6 is 0 Å². The largest absolute Gasteiger partial charge is 0.241 e. The van der Waals surface area contributed by atoms with Crippen LogP contribution in [0.2, 0.25) is 0 Å². The van der Waals surface area contributed by atoms with Crippen LogP contribution in [0.4, 0.5) is 0 Å². The Labute approximate surface area is 137 Å². The Kier molecular flexibility index (Phi) is 4.20. The molecule has 0 fully saturated rings. The smallest absolute Gasteiger partial charge is 0.207 e. The first-order valence-electron chi connectivity index (χ1n) is 7.53. The highest BCUT2D eigenvalue weighted by atomic mass is 32.2. The normalized spacial score (nSPS) is 13.1. The van der Waals surface area contributed by atoms with E-state index in [0.29, 0.717) is 0 Å². The Morgan fingerprint density at radius 2 is 1.52 bits per heavy atom. The van der Waals surface area contributed by atoms with Gasteiger partial charge in [-0.1, -0.05) is 60.2 Å². The van der Waals surface area contributed by atoms with Gasteiger partial charge in [0, 0.05) is 6.04 Å². The minimum atomic E-state index is -3.56. The van der Waals surface area contributed by atoms with Gasteiger partial charge < -0.3 is 0 Å². The number of aryl methyl sites for hydroxylation is 1. The monoisotopic (exact) mass is 325 g/mol. The number of hydrogen-bond acceptors (Lipinski definition) is 2. The van der Waals surface area contributed by atoms with Gasteiger partial charge in [0.2, 0.25) is 10.0 Å². The lowest BCUT2D eigenvalue weighted by atomic mass is 10.1. The summed E-state index contributed by atoms with van der Waals surface area (Å²) in [4.78, 5) is 0.287. The summed E-state index contributed by atoms with van der Waals surface area (Å²) in [5.41, 5.74) is 2.10. The van der Waals surface area contributed by atoms with Gasteiger partial charge in [0.05, 0.1) is 4.90 Å². The Hall–Kier alpha value is -2.17. The average molecular weight is 325 g/mol. The molecular weight excluding hydrogens is 306 g/mol. The Balaban J connectivity index is 1.89. The van der Waals surface area contributed by atoms with Gasteiger partial charge in [0.15, 0.2) is 0 Å². The second-order valence-electron chi connectivity index (χ2n) is 5.76. The summed E-state index contributed by atoms with van der Waals surface area (Å²) in [6.07, 6.45) is 0. The van der Waals surface area contributed by atoms with E-state index in [1.165, 1.54) is 0 Å². The van der Waals surface area contributed by atoms with Gasteiger partial charge in [0.1, 0.15) is 0 Å². The number of hydrogen-bond donors (Lipinski definition) is 1. The van der Waals surface area contributed by atoms with Gasteiger partial charge in [-0.2, -0.15) is 0 Å². The molecule has 0 radical (unpaired) electrons. The van der Waals surface area contributed by atoms with E-state index in [0.717, 1.165) is 21.9 Å². The fraction of sp³-hybridized carbons (Fsp3) is 0.158. The van der Waals surface area contributed by atoms with E-state index < -0.39 is 10.0 Å². The highest BCUT2D eigenvalue weighted by Gasteiger charge is 2.18. The third-order valence-electron chi connectivity index (χ3n) is 3.94. The van der Waals surface area contributed by atoms with E-state index >= 15 is 0 Å². The molecule has 0 unspecified atom stereocenters. The first-order valence-corrected chi connectivity index (χ1v) is 9.02. The molecule has 3 aromatic carbocycles. The van der Waals surface area contributed by atoms with Crippen molar-refractivity contribution in [2.45, 2.75) is 24.8 Å². The molecule has 0 bridgehead atoms. The lowest BCUT2D eigenvalue weighted by molar-refractivity contribution is 0.567. The maximum Gasteiger partial charge on any atom is 0.241 e. The van der Waals surface area contributed by atoms with E-state index in [1.807, 2.05) is 68.4 Å². The summed E-state index contributed by atoms with van der Waals surface area (Å²) in [6, 6.07) is 20.5. The van der Waals surface area contributed by atoms with Crippen molar-refractivity contribution in [2.75, 3.05) is 0 Å². The number of nitrogens with one attached hydrogen (secondary N) is 1. The van der Waals surface area contributed by atoms with Crippen LogP contribution in [0.25, 0.3) is 10.8 Å². The quantitative estimate of drug-likeness (QED) is 0.782. The van der Waals surface area contributed by atoms with E-state index in [1.54, 1.807) is 12.1 Å². The number of benzene rings is 3. The molecule has 0 aliphatic carbocycles. The van der Waals surface area contributed by atoms with Crippen LogP contribution in [0.1, 0.15) is 24.1 Å². The summed E-state index contributed by atoms with van der Waals surface area (Å²) < 4.78 is 28.0. The second kappa shape index (κ2) is 6.14. The van der Waals surface area contributed by atoms with Crippen molar-refractivity contribution in [1.29, 1.82) is 0 Å². The molecule has 1 N–H and O–H groups in total. The highest BCUT2D eigenvalue weighted by molar-refractivity contribution is 7.89. The maximum atomic E-state index is 12.6. The molecule has 0 saturated carbocycles. The first-order chi connectivity index (χ1) is 11.0. The fourth-order valence-corrected chi connectivity index (χ4v) is 3.83. The van der Waals surface area contributed by atoms with E-state index in [-0.39, 0.29) is 10.9 Å². The molecule has 0 heterocycles. The van der Waals surface area contributed by atoms with Crippen molar-refractivity contribution in [3.63, 3.8) is 0 Å². The molecule has 0 aromatic heterocycles. The summed E-state index contributed by atoms with van der Waals surface area (Å²) >= 11 is 0. The Bertz CT molecular complexity index is 931. The maximum absolute atomic E-state index is 12.6. The van der Waals surface area contributed by atoms with Crippen molar-refractivity contribution in [3.05, 3.63) is 77.9 Å². The predicted octanol–water partition coefficient (Wildman–Crippen LogP) is 4.19. The highest BCUT2D eigenvalue weighted by Crippen LogP contribution is 2.21. The number of sulfonamides is 1.